The van der Waals surface area contributed by atoms with Gasteiger partial charge < -0.3 is 10.1 Å². The molecule has 172 valence electrons. The number of hydrogen-bond donors (Lipinski definition) is 1. The van der Waals surface area contributed by atoms with E-state index in [9.17, 15) is 21.6 Å². The average molecular weight is 468 g/mol. The molecular formula is C22H24F3N3O3S. The molecule has 2 aliphatic heterocycles. The first-order chi connectivity index (χ1) is 15.2. The van der Waals surface area contributed by atoms with Crippen molar-refractivity contribution in [3.63, 3.8) is 0 Å². The summed E-state index contributed by atoms with van der Waals surface area (Å²) in [4.78, 5) is 4.08. The Labute approximate surface area is 185 Å². The first kappa shape index (κ1) is 22.8. The van der Waals surface area contributed by atoms with E-state index in [0.29, 0.717) is 45.0 Å². The van der Waals surface area contributed by atoms with Gasteiger partial charge in [-0.05, 0) is 54.7 Å². The number of nitrogens with one attached hydrogen (secondary N) is 1. The monoisotopic (exact) mass is 467 g/mol. The van der Waals surface area contributed by atoms with Gasteiger partial charge in [0.25, 0.3) is 0 Å². The van der Waals surface area contributed by atoms with E-state index in [1.807, 2.05) is 18.2 Å². The minimum atomic E-state index is -4.43. The van der Waals surface area contributed by atoms with E-state index in [4.69, 9.17) is 4.74 Å². The molecule has 0 bridgehead atoms. The third-order valence-corrected chi connectivity index (χ3v) is 7.64. The van der Waals surface area contributed by atoms with Gasteiger partial charge in [-0.2, -0.15) is 17.5 Å². The Kier molecular flexibility index (Phi) is 6.55. The molecule has 1 fully saturated rings. The van der Waals surface area contributed by atoms with Crippen molar-refractivity contribution in [1.82, 2.24) is 9.29 Å². The maximum atomic E-state index is 13.0. The molecule has 0 saturated carbocycles. The molecule has 0 amide bonds. The summed E-state index contributed by atoms with van der Waals surface area (Å²) in [5.41, 5.74) is 1.35. The number of alkyl halides is 3. The van der Waals surface area contributed by atoms with Crippen LogP contribution in [-0.4, -0.2) is 50.1 Å². The zero-order chi connectivity index (χ0) is 22.8. The fourth-order valence-electron chi connectivity index (χ4n) is 3.88. The second kappa shape index (κ2) is 9.21. The molecule has 4 rings (SSSR count). The number of nitrogens with zero attached hydrogens (tertiary/aromatic N) is 2. The number of anilines is 1. The molecule has 1 aromatic carbocycles. The lowest BCUT2D eigenvalue weighted by Gasteiger charge is -2.32. The molecule has 1 saturated heterocycles. The maximum absolute atomic E-state index is 13.0. The van der Waals surface area contributed by atoms with Gasteiger partial charge in [0.15, 0.2) is 0 Å². The van der Waals surface area contributed by atoms with E-state index < -0.39 is 21.8 Å². The van der Waals surface area contributed by atoms with Gasteiger partial charge in [0.05, 0.1) is 23.7 Å². The van der Waals surface area contributed by atoms with Gasteiger partial charge in [-0.25, -0.2) is 13.4 Å². The van der Waals surface area contributed by atoms with Crippen LogP contribution in [0.1, 0.15) is 30.4 Å². The molecule has 2 aliphatic rings. The number of halogens is 3. The van der Waals surface area contributed by atoms with Crippen LogP contribution in [0.4, 0.5) is 19.0 Å². The number of pyridine rings is 1. The summed E-state index contributed by atoms with van der Waals surface area (Å²) < 4.78 is 70.8. The van der Waals surface area contributed by atoms with E-state index in [1.165, 1.54) is 10.4 Å². The molecule has 2 aromatic rings. The summed E-state index contributed by atoms with van der Waals surface area (Å²) in [5, 5.41) is 3.10. The summed E-state index contributed by atoms with van der Waals surface area (Å²) in [6, 6.07) is 9.14. The molecule has 6 nitrogen and oxygen atoms in total. The number of benzene rings is 1. The Morgan fingerprint density at radius 1 is 1.06 bits per heavy atom. The minimum absolute atomic E-state index is 0.0616. The number of hydrogen-bond acceptors (Lipinski definition) is 5. The molecule has 32 heavy (non-hydrogen) atoms. The van der Waals surface area contributed by atoms with Gasteiger partial charge in [-0.1, -0.05) is 18.2 Å². The summed E-state index contributed by atoms with van der Waals surface area (Å²) in [5.74, 6) is 0.345. The van der Waals surface area contributed by atoms with Crippen LogP contribution in [-0.2, 0) is 20.9 Å². The standard InChI is InChI=1S/C22H24F3N3O3S/c23-22(24,25)18-3-6-21(26-15-18)27-19-7-11-28(12-8-19)32(29,30)20-4-1-16(2-5-20)17-9-13-31-14-10-17/h1-6,9,15,19H,7-8,10-14H2,(H,26,27). The van der Waals surface area contributed by atoms with Crippen LogP contribution in [0.15, 0.2) is 53.6 Å². The van der Waals surface area contributed by atoms with Gasteiger partial charge in [0.2, 0.25) is 10.0 Å². The van der Waals surface area contributed by atoms with Crippen LogP contribution < -0.4 is 5.32 Å². The maximum Gasteiger partial charge on any atom is 0.417 e. The van der Waals surface area contributed by atoms with E-state index in [0.717, 1.165) is 29.8 Å². The van der Waals surface area contributed by atoms with E-state index in [-0.39, 0.29) is 10.9 Å². The highest BCUT2D eigenvalue weighted by molar-refractivity contribution is 7.89. The molecule has 0 radical (unpaired) electrons. The Hall–Kier alpha value is -2.43. The molecule has 0 unspecified atom stereocenters. The van der Waals surface area contributed by atoms with E-state index in [1.54, 1.807) is 12.1 Å². The van der Waals surface area contributed by atoms with Crippen molar-refractivity contribution in [3.8, 4) is 0 Å². The second-order valence-corrected chi connectivity index (χ2v) is 9.77. The molecule has 10 heteroatoms. The van der Waals surface area contributed by atoms with Gasteiger partial charge in [0.1, 0.15) is 5.82 Å². The average Bonchev–Trinajstić information content (AvgIpc) is 2.80. The first-order valence-electron chi connectivity index (χ1n) is 10.4. The van der Waals surface area contributed by atoms with Gasteiger partial charge in [-0.3, -0.25) is 0 Å². The lowest BCUT2D eigenvalue weighted by atomic mass is 10.0. The lowest BCUT2D eigenvalue weighted by Crippen LogP contribution is -2.42. The Bertz CT molecular complexity index is 1060. The molecule has 1 aromatic heterocycles. The van der Waals surface area contributed by atoms with Crippen LogP contribution in [0.3, 0.4) is 0 Å². The zero-order valence-electron chi connectivity index (χ0n) is 17.3. The zero-order valence-corrected chi connectivity index (χ0v) is 18.1. The normalized spacial score (nSPS) is 18.9. The van der Waals surface area contributed by atoms with Crippen molar-refractivity contribution < 1.29 is 26.3 Å². The quantitative estimate of drug-likeness (QED) is 0.715. The summed E-state index contributed by atoms with van der Waals surface area (Å²) >= 11 is 0. The van der Waals surface area contributed by atoms with Crippen LogP contribution in [0.2, 0.25) is 0 Å². The van der Waals surface area contributed by atoms with Crippen LogP contribution >= 0.6 is 0 Å². The fraction of sp³-hybridized carbons (Fsp3) is 0.409. The Morgan fingerprint density at radius 2 is 1.78 bits per heavy atom. The summed E-state index contributed by atoms with van der Waals surface area (Å²) in [6.07, 6.45) is 0.254. The Balaban J connectivity index is 1.35. The highest BCUT2D eigenvalue weighted by Crippen LogP contribution is 2.29. The highest BCUT2D eigenvalue weighted by atomic mass is 32.2. The number of piperidine rings is 1. The van der Waals surface area contributed by atoms with E-state index >= 15 is 0 Å². The predicted octanol–water partition coefficient (Wildman–Crippen LogP) is 4.17. The third kappa shape index (κ3) is 5.13. The number of ether oxygens (including phenoxy) is 1. The fourth-order valence-corrected chi connectivity index (χ4v) is 5.35. The van der Waals surface area contributed by atoms with Gasteiger partial charge in [0, 0.05) is 25.3 Å². The number of aromatic nitrogens is 1. The van der Waals surface area contributed by atoms with Gasteiger partial charge in [-0.15, -0.1) is 0 Å². The van der Waals surface area contributed by atoms with E-state index in [2.05, 4.69) is 10.3 Å². The predicted molar refractivity (Wildman–Crippen MR) is 114 cm³/mol. The topological polar surface area (TPSA) is 71.5 Å². The minimum Gasteiger partial charge on any atom is -0.377 e. The van der Waals surface area contributed by atoms with Crippen molar-refractivity contribution in [2.75, 3.05) is 31.6 Å². The molecule has 0 atom stereocenters. The van der Waals surface area contributed by atoms with Gasteiger partial charge >= 0.3 is 6.18 Å². The summed E-state index contributed by atoms with van der Waals surface area (Å²) in [7, 11) is -3.61. The first-order valence-corrected chi connectivity index (χ1v) is 11.8. The lowest BCUT2D eigenvalue weighted by molar-refractivity contribution is -0.137. The SMILES string of the molecule is O=S(=O)(c1ccc(C2=CCOCC2)cc1)N1CCC(Nc2ccc(C(F)(F)F)cn2)CC1. The van der Waals surface area contributed by atoms with Crippen molar-refractivity contribution in [3.05, 3.63) is 59.8 Å². The van der Waals surface area contributed by atoms with Crippen LogP contribution in [0.5, 0.6) is 0 Å². The number of rotatable bonds is 5. The van der Waals surface area contributed by atoms with Crippen LogP contribution in [0, 0.1) is 0 Å². The third-order valence-electron chi connectivity index (χ3n) is 5.72. The van der Waals surface area contributed by atoms with Crippen molar-refractivity contribution in [2.45, 2.75) is 36.4 Å². The molecular weight excluding hydrogens is 443 g/mol. The van der Waals surface area contributed by atoms with Crippen molar-refractivity contribution >= 4 is 21.4 Å². The Morgan fingerprint density at radius 3 is 2.34 bits per heavy atom. The molecule has 3 heterocycles. The largest absolute Gasteiger partial charge is 0.417 e. The highest BCUT2D eigenvalue weighted by Gasteiger charge is 2.32. The molecule has 1 N–H and O–H groups in total. The van der Waals surface area contributed by atoms with Crippen molar-refractivity contribution in [1.29, 1.82) is 0 Å². The van der Waals surface area contributed by atoms with Crippen molar-refractivity contribution in [2.24, 2.45) is 0 Å². The van der Waals surface area contributed by atoms with Crippen LogP contribution in [0.25, 0.3) is 5.57 Å². The molecule has 0 aliphatic carbocycles. The number of sulfonamides is 1. The smallest absolute Gasteiger partial charge is 0.377 e. The summed E-state index contributed by atoms with van der Waals surface area (Å²) in [6.45, 7) is 1.88. The molecule has 0 spiro atoms. The second-order valence-electron chi connectivity index (χ2n) is 7.83.